The van der Waals surface area contributed by atoms with Crippen LogP contribution in [-0.4, -0.2) is 41.5 Å². The number of nitrogens with two attached hydrogens (primary N) is 1. The second-order valence-corrected chi connectivity index (χ2v) is 7.22. The molecule has 0 aromatic rings. The zero-order valence-corrected chi connectivity index (χ0v) is 14.0. The van der Waals surface area contributed by atoms with E-state index in [1.807, 2.05) is 0 Å². The fourth-order valence-corrected chi connectivity index (χ4v) is 4.25. The van der Waals surface area contributed by atoms with Crippen LogP contribution in [0.4, 0.5) is 0 Å². The maximum absolute atomic E-state index is 12.1. The summed E-state index contributed by atoms with van der Waals surface area (Å²) in [6.07, 6.45) is 7.75. The zero-order chi connectivity index (χ0) is 15.5. The maximum atomic E-state index is 12.1. The first-order valence-corrected chi connectivity index (χ1v) is 8.81. The Kier molecular flexibility index (Phi) is 5.67. The van der Waals surface area contributed by atoms with Gasteiger partial charge in [-0.25, -0.2) is 0 Å². The topological polar surface area (TPSA) is 58.4 Å². The van der Waals surface area contributed by atoms with Crippen molar-refractivity contribution < 1.29 is 4.79 Å². The number of carbonyl (C=O) groups excluding carboxylic acids is 1. The maximum Gasteiger partial charge on any atom is 0.237 e. The predicted octanol–water partition coefficient (Wildman–Crippen LogP) is 2.27. The number of amides is 1. The minimum Gasteiger partial charge on any atom is -0.368 e. The number of nitrogens with one attached hydrogen (secondary N) is 1. The summed E-state index contributed by atoms with van der Waals surface area (Å²) in [5.74, 6) is 0.602. The summed E-state index contributed by atoms with van der Waals surface area (Å²) < 4.78 is 0. The van der Waals surface area contributed by atoms with E-state index >= 15 is 0 Å². The molecule has 122 valence electrons. The molecule has 4 nitrogen and oxygen atoms in total. The van der Waals surface area contributed by atoms with Crippen LogP contribution in [0.5, 0.6) is 0 Å². The lowest BCUT2D eigenvalue weighted by molar-refractivity contribution is -0.127. The molecular formula is C17H33N3O. The van der Waals surface area contributed by atoms with E-state index in [9.17, 15) is 4.79 Å². The van der Waals surface area contributed by atoms with Gasteiger partial charge in [-0.15, -0.1) is 0 Å². The van der Waals surface area contributed by atoms with Crippen molar-refractivity contribution in [2.45, 2.75) is 83.3 Å². The Balaban J connectivity index is 2.09. The number of likely N-dealkylation sites (tertiary alicyclic amines) is 1. The molecule has 2 rings (SSSR count). The summed E-state index contributed by atoms with van der Waals surface area (Å²) in [6.45, 7) is 8.90. The lowest BCUT2D eigenvalue weighted by atomic mass is 9.76. The number of piperidine rings is 1. The number of nitrogens with zero attached hydrogens (tertiary/aromatic N) is 1. The van der Waals surface area contributed by atoms with Gasteiger partial charge in [0.1, 0.15) is 0 Å². The highest BCUT2D eigenvalue weighted by Crippen LogP contribution is 2.35. The van der Waals surface area contributed by atoms with Gasteiger partial charge < -0.3 is 11.1 Å². The standard InChI is InChI=1S/C17H33N3O/c1-4-10-19-17(16(18)21)9-5-8-15(12-17)20-11-6-7-13(2)14(20)3/h13-15,19H,4-12H2,1-3H3,(H2,18,21). The molecule has 1 saturated carbocycles. The lowest BCUT2D eigenvalue weighted by Crippen LogP contribution is -2.62. The Morgan fingerprint density at radius 3 is 2.76 bits per heavy atom. The second-order valence-electron chi connectivity index (χ2n) is 7.22. The molecule has 4 heteroatoms. The van der Waals surface area contributed by atoms with E-state index in [1.54, 1.807) is 0 Å². The van der Waals surface area contributed by atoms with Gasteiger partial charge in [-0.2, -0.15) is 0 Å². The molecule has 1 heterocycles. The predicted molar refractivity (Wildman–Crippen MR) is 87.0 cm³/mol. The summed E-state index contributed by atoms with van der Waals surface area (Å²) in [6, 6.07) is 1.13. The highest BCUT2D eigenvalue weighted by molar-refractivity contribution is 5.84. The van der Waals surface area contributed by atoms with Crippen LogP contribution in [0.1, 0.15) is 65.7 Å². The van der Waals surface area contributed by atoms with Gasteiger partial charge in [-0.3, -0.25) is 9.69 Å². The van der Waals surface area contributed by atoms with Crippen molar-refractivity contribution in [1.29, 1.82) is 0 Å². The molecule has 1 saturated heterocycles. The van der Waals surface area contributed by atoms with Gasteiger partial charge in [-0.05, 0) is 70.9 Å². The molecule has 1 amide bonds. The van der Waals surface area contributed by atoms with Crippen molar-refractivity contribution in [1.82, 2.24) is 10.2 Å². The average molecular weight is 295 g/mol. The molecule has 1 aliphatic carbocycles. The van der Waals surface area contributed by atoms with Gasteiger partial charge in [0.2, 0.25) is 5.91 Å². The van der Waals surface area contributed by atoms with E-state index in [4.69, 9.17) is 5.73 Å². The lowest BCUT2D eigenvalue weighted by Gasteiger charge is -2.48. The number of primary amides is 1. The summed E-state index contributed by atoms with van der Waals surface area (Å²) in [7, 11) is 0. The Labute approximate surface area is 129 Å². The quantitative estimate of drug-likeness (QED) is 0.818. The van der Waals surface area contributed by atoms with Gasteiger partial charge in [0.15, 0.2) is 0 Å². The van der Waals surface area contributed by atoms with Crippen molar-refractivity contribution in [3.05, 3.63) is 0 Å². The SMILES string of the molecule is CCCNC1(C(N)=O)CCCC(N2CCCC(C)C2C)C1. The summed E-state index contributed by atoms with van der Waals surface area (Å²) >= 11 is 0. The Morgan fingerprint density at radius 2 is 2.10 bits per heavy atom. The summed E-state index contributed by atoms with van der Waals surface area (Å²) in [5, 5.41) is 3.48. The summed E-state index contributed by atoms with van der Waals surface area (Å²) in [5.41, 5.74) is 5.30. The van der Waals surface area contributed by atoms with E-state index < -0.39 is 5.54 Å². The minimum atomic E-state index is -0.473. The fourth-order valence-electron chi connectivity index (χ4n) is 4.25. The summed E-state index contributed by atoms with van der Waals surface area (Å²) in [4.78, 5) is 14.7. The number of carbonyl (C=O) groups is 1. The first-order chi connectivity index (χ1) is 10.00. The van der Waals surface area contributed by atoms with Gasteiger partial charge in [0, 0.05) is 12.1 Å². The molecular weight excluding hydrogens is 262 g/mol. The molecule has 4 atom stereocenters. The van der Waals surface area contributed by atoms with Gasteiger partial charge in [0.25, 0.3) is 0 Å². The van der Waals surface area contributed by atoms with Crippen LogP contribution in [0.2, 0.25) is 0 Å². The van der Waals surface area contributed by atoms with Crippen LogP contribution in [0.25, 0.3) is 0 Å². The third-order valence-corrected chi connectivity index (χ3v) is 5.80. The van der Waals surface area contributed by atoms with E-state index in [0.29, 0.717) is 12.1 Å². The van der Waals surface area contributed by atoms with Gasteiger partial charge in [0.05, 0.1) is 5.54 Å². The second kappa shape index (κ2) is 7.10. The largest absolute Gasteiger partial charge is 0.368 e. The van der Waals surface area contributed by atoms with Crippen LogP contribution in [0.3, 0.4) is 0 Å². The first-order valence-electron chi connectivity index (χ1n) is 8.81. The minimum absolute atomic E-state index is 0.154. The molecule has 2 aliphatic rings. The Hall–Kier alpha value is -0.610. The molecule has 0 bridgehead atoms. The van der Waals surface area contributed by atoms with Crippen molar-refractivity contribution in [2.24, 2.45) is 11.7 Å². The highest BCUT2D eigenvalue weighted by atomic mass is 16.1. The Morgan fingerprint density at radius 1 is 1.33 bits per heavy atom. The molecule has 0 spiro atoms. The smallest absolute Gasteiger partial charge is 0.237 e. The Bertz CT molecular complexity index is 360. The van der Waals surface area contributed by atoms with Gasteiger partial charge >= 0.3 is 0 Å². The molecule has 4 unspecified atom stereocenters. The zero-order valence-electron chi connectivity index (χ0n) is 14.0. The van der Waals surface area contributed by atoms with Gasteiger partial charge in [-0.1, -0.05) is 13.8 Å². The van der Waals surface area contributed by atoms with Crippen LogP contribution in [0.15, 0.2) is 0 Å². The fraction of sp³-hybridized carbons (Fsp3) is 0.941. The van der Waals surface area contributed by atoms with Crippen molar-refractivity contribution in [3.8, 4) is 0 Å². The van der Waals surface area contributed by atoms with Crippen LogP contribution in [-0.2, 0) is 4.79 Å². The number of hydrogen-bond acceptors (Lipinski definition) is 3. The molecule has 21 heavy (non-hydrogen) atoms. The van der Waals surface area contributed by atoms with E-state index in [0.717, 1.165) is 38.1 Å². The van der Waals surface area contributed by atoms with E-state index in [1.165, 1.54) is 25.8 Å². The van der Waals surface area contributed by atoms with Crippen molar-refractivity contribution >= 4 is 5.91 Å². The molecule has 2 fully saturated rings. The molecule has 0 aromatic heterocycles. The highest BCUT2D eigenvalue weighted by Gasteiger charge is 2.43. The normalized spacial score (nSPS) is 38.3. The molecule has 0 aromatic carbocycles. The van der Waals surface area contributed by atoms with Crippen LogP contribution in [0, 0.1) is 5.92 Å². The van der Waals surface area contributed by atoms with Crippen LogP contribution >= 0.6 is 0 Å². The third-order valence-electron chi connectivity index (χ3n) is 5.80. The van der Waals surface area contributed by atoms with E-state index in [-0.39, 0.29) is 5.91 Å². The molecule has 0 radical (unpaired) electrons. The first kappa shape index (κ1) is 16.8. The average Bonchev–Trinajstić information content (AvgIpc) is 2.48. The number of rotatable bonds is 5. The van der Waals surface area contributed by atoms with Crippen molar-refractivity contribution in [3.63, 3.8) is 0 Å². The molecule has 1 aliphatic heterocycles. The van der Waals surface area contributed by atoms with Crippen molar-refractivity contribution in [2.75, 3.05) is 13.1 Å². The number of hydrogen-bond donors (Lipinski definition) is 2. The van der Waals surface area contributed by atoms with E-state index in [2.05, 4.69) is 31.0 Å². The van der Waals surface area contributed by atoms with Crippen LogP contribution < -0.4 is 11.1 Å². The molecule has 3 N–H and O–H groups in total. The third kappa shape index (κ3) is 3.59. The monoisotopic (exact) mass is 295 g/mol.